The van der Waals surface area contributed by atoms with Gasteiger partial charge in [0.05, 0.1) is 6.04 Å². The molecule has 1 atom stereocenters. The molecule has 3 heteroatoms. The summed E-state index contributed by atoms with van der Waals surface area (Å²) in [5, 5.41) is 0. The summed E-state index contributed by atoms with van der Waals surface area (Å²) in [4.78, 5) is 17.0. The van der Waals surface area contributed by atoms with Crippen LogP contribution in [-0.4, -0.2) is 54.9 Å². The van der Waals surface area contributed by atoms with Crippen LogP contribution in [0.15, 0.2) is 30.3 Å². The first-order chi connectivity index (χ1) is 8.68. The highest BCUT2D eigenvalue weighted by molar-refractivity contribution is 5.99. The Kier molecular flexibility index (Phi) is 4.50. The molecule has 1 fully saturated rings. The molecule has 0 radical (unpaired) electrons. The predicted molar refractivity (Wildman–Crippen MR) is 73.9 cm³/mol. The van der Waals surface area contributed by atoms with Gasteiger partial charge in [0.1, 0.15) is 0 Å². The third-order valence-electron chi connectivity index (χ3n) is 3.74. The van der Waals surface area contributed by atoms with E-state index in [0.717, 1.165) is 38.2 Å². The summed E-state index contributed by atoms with van der Waals surface area (Å²) in [6.07, 6.45) is 1.14. The van der Waals surface area contributed by atoms with Crippen molar-refractivity contribution < 1.29 is 4.79 Å². The molecule has 1 aliphatic rings. The van der Waals surface area contributed by atoms with Crippen LogP contribution < -0.4 is 0 Å². The molecule has 98 valence electrons. The number of ketones is 1. The zero-order chi connectivity index (χ0) is 13.0. The summed E-state index contributed by atoms with van der Waals surface area (Å²) < 4.78 is 0. The Balaban J connectivity index is 2.02. The number of rotatable bonds is 3. The summed E-state index contributed by atoms with van der Waals surface area (Å²) in [7, 11) is 2.15. The first-order valence-electron chi connectivity index (χ1n) is 6.70. The molecule has 0 spiro atoms. The highest BCUT2D eigenvalue weighted by atomic mass is 16.1. The molecule has 2 rings (SSSR count). The minimum Gasteiger partial charge on any atom is -0.305 e. The average molecular weight is 246 g/mol. The number of Topliss-reactive ketones (excluding diaryl/α,β-unsaturated/α-hetero) is 1. The molecule has 18 heavy (non-hydrogen) atoms. The summed E-state index contributed by atoms with van der Waals surface area (Å²) in [6, 6.07) is 9.60. The van der Waals surface area contributed by atoms with Gasteiger partial charge in [-0.2, -0.15) is 0 Å². The lowest BCUT2D eigenvalue weighted by Crippen LogP contribution is -2.41. The maximum Gasteiger partial charge on any atom is 0.179 e. The van der Waals surface area contributed by atoms with Crippen LogP contribution in [0, 0.1) is 0 Å². The second-order valence-corrected chi connectivity index (χ2v) is 5.10. The quantitative estimate of drug-likeness (QED) is 0.761. The number of likely N-dealkylation sites (N-methyl/N-ethyl adjacent to an activating group) is 1. The van der Waals surface area contributed by atoms with Crippen LogP contribution in [-0.2, 0) is 0 Å². The van der Waals surface area contributed by atoms with Crippen molar-refractivity contribution in [2.24, 2.45) is 0 Å². The van der Waals surface area contributed by atoms with Crippen molar-refractivity contribution in [1.82, 2.24) is 9.80 Å². The largest absolute Gasteiger partial charge is 0.305 e. The lowest BCUT2D eigenvalue weighted by Gasteiger charge is -2.26. The minimum atomic E-state index is -0.0149. The molecule has 1 saturated heterocycles. The summed E-state index contributed by atoms with van der Waals surface area (Å²) in [5.74, 6) is 0.236. The molecule has 1 aliphatic heterocycles. The molecule has 0 saturated carbocycles. The Labute approximate surface area is 109 Å². The Morgan fingerprint density at radius 1 is 1.11 bits per heavy atom. The molecule has 0 N–H and O–H groups in total. The van der Waals surface area contributed by atoms with E-state index in [1.807, 2.05) is 37.3 Å². The number of benzene rings is 1. The van der Waals surface area contributed by atoms with Gasteiger partial charge in [-0.25, -0.2) is 0 Å². The molecule has 1 unspecified atom stereocenters. The van der Waals surface area contributed by atoms with Crippen molar-refractivity contribution in [3.05, 3.63) is 35.9 Å². The van der Waals surface area contributed by atoms with Gasteiger partial charge in [0, 0.05) is 25.2 Å². The Hall–Kier alpha value is -1.19. The maximum atomic E-state index is 12.4. The van der Waals surface area contributed by atoms with E-state index in [1.54, 1.807) is 0 Å². The van der Waals surface area contributed by atoms with Crippen molar-refractivity contribution in [2.45, 2.75) is 19.4 Å². The van der Waals surface area contributed by atoms with Gasteiger partial charge in [0.2, 0.25) is 0 Å². The third-order valence-corrected chi connectivity index (χ3v) is 3.74. The first kappa shape index (κ1) is 13.2. The molecule has 1 aromatic carbocycles. The predicted octanol–water partition coefficient (Wildman–Crippen LogP) is 1.90. The Morgan fingerprint density at radius 3 is 2.56 bits per heavy atom. The monoisotopic (exact) mass is 246 g/mol. The lowest BCUT2D eigenvalue weighted by atomic mass is 10.0. The van der Waals surface area contributed by atoms with Crippen molar-refractivity contribution in [2.75, 3.05) is 33.2 Å². The van der Waals surface area contributed by atoms with Crippen molar-refractivity contribution >= 4 is 5.78 Å². The molecule has 1 aromatic rings. The van der Waals surface area contributed by atoms with E-state index in [0.29, 0.717) is 0 Å². The van der Waals surface area contributed by atoms with Gasteiger partial charge in [0.15, 0.2) is 5.78 Å². The zero-order valence-electron chi connectivity index (χ0n) is 11.3. The highest BCUT2D eigenvalue weighted by Gasteiger charge is 2.23. The van der Waals surface area contributed by atoms with Crippen LogP contribution in [0.4, 0.5) is 0 Å². The van der Waals surface area contributed by atoms with Gasteiger partial charge >= 0.3 is 0 Å². The van der Waals surface area contributed by atoms with Crippen LogP contribution in [0.25, 0.3) is 0 Å². The van der Waals surface area contributed by atoms with Gasteiger partial charge in [-0.1, -0.05) is 30.3 Å². The van der Waals surface area contributed by atoms with Crippen LogP contribution in [0.1, 0.15) is 23.7 Å². The van der Waals surface area contributed by atoms with Gasteiger partial charge in [0.25, 0.3) is 0 Å². The van der Waals surface area contributed by atoms with Crippen LogP contribution in [0.3, 0.4) is 0 Å². The van der Waals surface area contributed by atoms with E-state index in [2.05, 4.69) is 16.8 Å². The van der Waals surface area contributed by atoms with E-state index < -0.39 is 0 Å². The number of hydrogen-bond donors (Lipinski definition) is 0. The topological polar surface area (TPSA) is 23.6 Å². The van der Waals surface area contributed by atoms with Crippen molar-refractivity contribution in [1.29, 1.82) is 0 Å². The van der Waals surface area contributed by atoms with Crippen LogP contribution in [0.2, 0.25) is 0 Å². The van der Waals surface area contributed by atoms with E-state index in [1.165, 1.54) is 0 Å². The number of hydrogen-bond acceptors (Lipinski definition) is 3. The fourth-order valence-electron chi connectivity index (χ4n) is 2.46. The summed E-state index contributed by atoms with van der Waals surface area (Å²) in [5.41, 5.74) is 0.822. The van der Waals surface area contributed by atoms with Gasteiger partial charge in [-0.15, -0.1) is 0 Å². The van der Waals surface area contributed by atoms with Gasteiger partial charge < -0.3 is 4.90 Å². The molecule has 1 heterocycles. The number of carbonyl (C=O) groups is 1. The number of nitrogens with zero attached hydrogens (tertiary/aromatic N) is 2. The SMILES string of the molecule is CC(C(=O)c1ccccc1)N1CCCN(C)CC1. The van der Waals surface area contributed by atoms with Crippen molar-refractivity contribution in [3.63, 3.8) is 0 Å². The molecule has 0 bridgehead atoms. The number of carbonyl (C=O) groups excluding carboxylic acids is 1. The molecule has 0 aliphatic carbocycles. The van der Waals surface area contributed by atoms with E-state index in [-0.39, 0.29) is 11.8 Å². The van der Waals surface area contributed by atoms with Gasteiger partial charge in [-0.3, -0.25) is 9.69 Å². The van der Waals surface area contributed by atoms with E-state index in [4.69, 9.17) is 0 Å². The van der Waals surface area contributed by atoms with E-state index >= 15 is 0 Å². The minimum absolute atomic E-state index is 0.0149. The maximum absolute atomic E-state index is 12.4. The second-order valence-electron chi connectivity index (χ2n) is 5.10. The third kappa shape index (κ3) is 3.18. The molecular weight excluding hydrogens is 224 g/mol. The molecular formula is C15H22N2O. The Bertz CT molecular complexity index is 391. The second kappa shape index (κ2) is 6.12. The first-order valence-corrected chi connectivity index (χ1v) is 6.70. The fourth-order valence-corrected chi connectivity index (χ4v) is 2.46. The average Bonchev–Trinajstić information content (AvgIpc) is 2.63. The summed E-state index contributed by atoms with van der Waals surface area (Å²) in [6.45, 7) is 6.20. The fraction of sp³-hybridized carbons (Fsp3) is 0.533. The van der Waals surface area contributed by atoms with Crippen LogP contribution in [0.5, 0.6) is 0 Å². The molecule has 0 amide bonds. The van der Waals surface area contributed by atoms with Crippen molar-refractivity contribution in [3.8, 4) is 0 Å². The molecule has 3 nitrogen and oxygen atoms in total. The van der Waals surface area contributed by atoms with Gasteiger partial charge in [-0.05, 0) is 26.9 Å². The van der Waals surface area contributed by atoms with Crippen LogP contribution >= 0.6 is 0 Å². The standard InChI is InChI=1S/C15H22N2O/c1-13(15(18)14-7-4-3-5-8-14)17-10-6-9-16(2)11-12-17/h3-5,7-8,13H,6,9-12H2,1-2H3. The zero-order valence-corrected chi connectivity index (χ0v) is 11.3. The highest BCUT2D eigenvalue weighted by Crippen LogP contribution is 2.11. The lowest BCUT2D eigenvalue weighted by molar-refractivity contribution is 0.0843. The summed E-state index contributed by atoms with van der Waals surface area (Å²) >= 11 is 0. The van der Waals surface area contributed by atoms with E-state index in [9.17, 15) is 4.79 Å². The Morgan fingerprint density at radius 2 is 1.83 bits per heavy atom. The normalized spacial score (nSPS) is 20.3. The smallest absolute Gasteiger partial charge is 0.179 e. The molecule has 0 aromatic heterocycles.